The van der Waals surface area contributed by atoms with Crippen molar-refractivity contribution in [2.75, 3.05) is 6.54 Å². The summed E-state index contributed by atoms with van der Waals surface area (Å²) in [6.07, 6.45) is 4.05. The first kappa shape index (κ1) is 26.5. The monoisotopic (exact) mass is 473 g/mol. The average molecular weight is 474 g/mol. The first-order valence-corrected chi connectivity index (χ1v) is 12.9. The largest absolute Gasteiger partial charge is 0.340 e. The van der Waals surface area contributed by atoms with Crippen LogP contribution >= 0.6 is 0 Å². The molecular formula is C25H35N3O4S. The molecule has 1 atom stereocenters. The van der Waals surface area contributed by atoms with Crippen LogP contribution < -0.4 is 15.8 Å². The molecule has 0 aliphatic heterocycles. The minimum absolute atomic E-state index is 0.0195. The van der Waals surface area contributed by atoms with Crippen molar-refractivity contribution in [1.82, 2.24) is 10.0 Å². The number of nitrogens with one attached hydrogen (secondary N) is 2. The lowest BCUT2D eigenvalue weighted by molar-refractivity contribution is -0.121. The number of aryl methyl sites for hydroxylation is 1. The molecular weight excluding hydrogens is 438 g/mol. The van der Waals surface area contributed by atoms with Crippen LogP contribution in [0.4, 0.5) is 0 Å². The molecule has 2 amide bonds. The lowest BCUT2D eigenvalue weighted by Crippen LogP contribution is -2.49. The van der Waals surface area contributed by atoms with Gasteiger partial charge in [-0.25, -0.2) is 13.1 Å². The summed E-state index contributed by atoms with van der Waals surface area (Å²) in [6, 6.07) is 12.5. The molecule has 0 heterocycles. The Bertz CT molecular complexity index is 1020. The van der Waals surface area contributed by atoms with E-state index >= 15 is 0 Å². The van der Waals surface area contributed by atoms with E-state index in [1.165, 1.54) is 12.1 Å². The van der Waals surface area contributed by atoms with Crippen LogP contribution in [0.25, 0.3) is 0 Å². The zero-order valence-corrected chi connectivity index (χ0v) is 20.5. The molecule has 2 aromatic carbocycles. The molecule has 0 saturated heterocycles. The minimum Gasteiger partial charge on any atom is -0.340 e. The Balaban J connectivity index is 2.11. The highest BCUT2D eigenvalue weighted by molar-refractivity contribution is 7.90. The van der Waals surface area contributed by atoms with Gasteiger partial charge in [-0.05, 0) is 73.5 Å². The number of benzene rings is 2. The third-order valence-corrected chi connectivity index (χ3v) is 6.63. The second-order valence-corrected chi connectivity index (χ2v) is 10.3. The van der Waals surface area contributed by atoms with E-state index < -0.39 is 27.9 Å². The lowest BCUT2D eigenvalue weighted by atomic mass is 10.0. The van der Waals surface area contributed by atoms with Gasteiger partial charge in [0.2, 0.25) is 0 Å². The number of rotatable bonds is 12. The molecule has 0 aliphatic rings. The first-order valence-electron chi connectivity index (χ1n) is 11.4. The Morgan fingerprint density at radius 3 is 2.06 bits per heavy atom. The highest BCUT2D eigenvalue weighted by atomic mass is 32.2. The molecule has 0 saturated carbocycles. The first-order chi connectivity index (χ1) is 15.7. The van der Waals surface area contributed by atoms with Crippen molar-refractivity contribution >= 4 is 21.8 Å². The number of nitrogens with two attached hydrogens (primary N) is 1. The molecule has 0 bridgehead atoms. The van der Waals surface area contributed by atoms with Crippen molar-refractivity contribution in [1.29, 1.82) is 0 Å². The van der Waals surface area contributed by atoms with Crippen molar-refractivity contribution in [2.45, 2.75) is 63.8 Å². The molecule has 180 valence electrons. The molecule has 33 heavy (non-hydrogen) atoms. The number of amides is 2. The summed E-state index contributed by atoms with van der Waals surface area (Å²) in [5.74, 6) is -1.11. The zero-order chi connectivity index (χ0) is 24.4. The smallest absolute Gasteiger partial charge is 0.264 e. The van der Waals surface area contributed by atoms with E-state index in [0.29, 0.717) is 24.9 Å². The van der Waals surface area contributed by atoms with Crippen LogP contribution in [0, 0.1) is 5.92 Å². The van der Waals surface area contributed by atoms with Crippen molar-refractivity contribution in [3.05, 3.63) is 65.2 Å². The average Bonchev–Trinajstić information content (AvgIpc) is 2.77. The number of sulfonamides is 1. The Kier molecular flexibility index (Phi) is 10.1. The van der Waals surface area contributed by atoms with Crippen LogP contribution in [0.2, 0.25) is 0 Å². The van der Waals surface area contributed by atoms with Gasteiger partial charge >= 0.3 is 0 Å². The van der Waals surface area contributed by atoms with Crippen molar-refractivity contribution in [3.8, 4) is 0 Å². The molecule has 1 unspecified atom stereocenters. The van der Waals surface area contributed by atoms with Crippen molar-refractivity contribution in [3.63, 3.8) is 0 Å². The van der Waals surface area contributed by atoms with Gasteiger partial charge in [-0.2, -0.15) is 0 Å². The predicted molar refractivity (Wildman–Crippen MR) is 130 cm³/mol. The van der Waals surface area contributed by atoms with Gasteiger partial charge in [0.05, 0.1) is 4.90 Å². The predicted octanol–water partition coefficient (Wildman–Crippen LogP) is 3.18. The summed E-state index contributed by atoms with van der Waals surface area (Å²) in [6.45, 7) is 6.39. The number of hydrogen-bond acceptors (Lipinski definition) is 5. The number of hydrogen-bond donors (Lipinski definition) is 3. The van der Waals surface area contributed by atoms with E-state index in [-0.39, 0.29) is 10.8 Å². The van der Waals surface area contributed by atoms with Crippen molar-refractivity contribution in [2.24, 2.45) is 11.7 Å². The van der Waals surface area contributed by atoms with Crippen LogP contribution in [0.3, 0.4) is 0 Å². The third kappa shape index (κ3) is 8.29. The summed E-state index contributed by atoms with van der Waals surface area (Å²) < 4.78 is 27.5. The van der Waals surface area contributed by atoms with E-state index in [0.717, 1.165) is 30.4 Å². The fraction of sp³-hybridized carbons (Fsp3) is 0.440. The third-order valence-electron chi connectivity index (χ3n) is 5.27. The van der Waals surface area contributed by atoms with Gasteiger partial charge in [0.1, 0.15) is 6.04 Å². The maximum Gasteiger partial charge on any atom is 0.264 e. The van der Waals surface area contributed by atoms with Crippen LogP contribution in [0.5, 0.6) is 0 Å². The molecule has 0 radical (unpaired) electrons. The van der Waals surface area contributed by atoms with Crippen LogP contribution in [-0.4, -0.2) is 32.8 Å². The summed E-state index contributed by atoms with van der Waals surface area (Å²) in [5, 5.41) is 2.70. The molecule has 0 spiro atoms. The Labute approximate surface area is 197 Å². The summed E-state index contributed by atoms with van der Waals surface area (Å²) in [4.78, 5) is 25.6. The van der Waals surface area contributed by atoms with Crippen LogP contribution in [0.15, 0.2) is 53.4 Å². The number of carbonyl (C=O) groups is 2. The van der Waals surface area contributed by atoms with E-state index in [9.17, 15) is 18.0 Å². The molecule has 4 N–H and O–H groups in total. The normalized spacial score (nSPS) is 12.4. The quantitative estimate of drug-likeness (QED) is 0.437. The summed E-state index contributed by atoms with van der Waals surface area (Å²) in [5.41, 5.74) is 8.01. The Morgan fingerprint density at radius 2 is 1.52 bits per heavy atom. The van der Waals surface area contributed by atoms with Gasteiger partial charge in [-0.1, -0.05) is 51.5 Å². The maximum absolute atomic E-state index is 12.9. The molecule has 0 aliphatic carbocycles. The number of carbonyl (C=O) groups excluding carboxylic acids is 2. The fourth-order valence-electron chi connectivity index (χ4n) is 3.41. The minimum atomic E-state index is -4.07. The number of unbranched alkanes of at least 4 members (excludes halogenated alkanes) is 1. The van der Waals surface area contributed by atoms with Gasteiger partial charge in [0.25, 0.3) is 21.8 Å². The van der Waals surface area contributed by atoms with Crippen LogP contribution in [-0.2, 0) is 27.7 Å². The SMILES string of the molecule is CCCCc1ccc(C(=O)NC(CC(C)C)C(=O)NS(=O)(=O)c2ccc(CCN)cc2)cc1. The van der Waals surface area contributed by atoms with E-state index in [1.54, 1.807) is 24.3 Å². The Hall–Kier alpha value is -2.71. The second kappa shape index (κ2) is 12.5. The summed E-state index contributed by atoms with van der Waals surface area (Å²) in [7, 11) is -4.07. The molecule has 0 aromatic heterocycles. The van der Waals surface area contributed by atoms with Crippen molar-refractivity contribution < 1.29 is 18.0 Å². The van der Waals surface area contributed by atoms with Gasteiger partial charge < -0.3 is 11.1 Å². The molecule has 0 fully saturated rings. The van der Waals surface area contributed by atoms with Gasteiger partial charge in [0, 0.05) is 5.56 Å². The fourth-order valence-corrected chi connectivity index (χ4v) is 4.43. The maximum atomic E-state index is 12.9. The second-order valence-electron chi connectivity index (χ2n) is 8.61. The lowest BCUT2D eigenvalue weighted by Gasteiger charge is -2.20. The van der Waals surface area contributed by atoms with Crippen LogP contribution in [0.1, 0.15) is 61.5 Å². The zero-order valence-electron chi connectivity index (χ0n) is 19.6. The Morgan fingerprint density at radius 1 is 0.939 bits per heavy atom. The van der Waals surface area contributed by atoms with Gasteiger partial charge in [-0.3, -0.25) is 9.59 Å². The highest BCUT2D eigenvalue weighted by Crippen LogP contribution is 2.13. The highest BCUT2D eigenvalue weighted by Gasteiger charge is 2.27. The molecule has 7 nitrogen and oxygen atoms in total. The molecule has 2 aromatic rings. The topological polar surface area (TPSA) is 118 Å². The molecule has 2 rings (SSSR count). The van der Waals surface area contributed by atoms with E-state index in [4.69, 9.17) is 5.73 Å². The van der Waals surface area contributed by atoms with E-state index in [2.05, 4.69) is 17.0 Å². The summed E-state index contributed by atoms with van der Waals surface area (Å²) >= 11 is 0. The van der Waals surface area contributed by atoms with Gasteiger partial charge in [-0.15, -0.1) is 0 Å². The standard InChI is InChI=1S/C25H35N3O4S/c1-4-5-6-19-7-11-21(12-8-19)24(29)27-23(17-18(2)3)25(30)28-33(31,32)22-13-9-20(10-14-22)15-16-26/h7-14,18,23H,4-6,15-17,26H2,1-3H3,(H,27,29)(H,28,30). The van der Waals surface area contributed by atoms with E-state index in [1.807, 2.05) is 26.0 Å². The molecule has 8 heteroatoms. The van der Waals surface area contributed by atoms with Gasteiger partial charge in [0.15, 0.2) is 0 Å².